The van der Waals surface area contributed by atoms with Gasteiger partial charge in [-0.1, -0.05) is 30.3 Å². The van der Waals surface area contributed by atoms with Crippen LogP contribution in [-0.2, 0) is 17.8 Å². The number of carbonyl (C=O) groups excluding carboxylic acids is 1. The van der Waals surface area contributed by atoms with Crippen LogP contribution in [0.4, 0.5) is 0 Å². The summed E-state index contributed by atoms with van der Waals surface area (Å²) in [6.45, 7) is 0.427. The van der Waals surface area contributed by atoms with Gasteiger partial charge >= 0.3 is 0 Å². The summed E-state index contributed by atoms with van der Waals surface area (Å²) in [5.74, 6) is 0.561. The number of aromatic amines is 1. The molecule has 0 aliphatic heterocycles. The Kier molecular flexibility index (Phi) is 5.47. The molecule has 0 spiro atoms. The van der Waals surface area contributed by atoms with Crippen LogP contribution in [0.5, 0.6) is 0 Å². The standard InChI is InChI=1S/C22H21N5O2/c28-21(23-13-16-14-24-27(15-16)17-7-2-1-3-8-17)12-6-11-20-25-19-10-5-4-9-18(19)22(29)26-20/h1-5,7-10,14-15H,6,11-13H2,(H,23,28)(H,25,26,29). The molecule has 0 radical (unpaired) electrons. The first-order chi connectivity index (χ1) is 14.2. The summed E-state index contributed by atoms with van der Waals surface area (Å²) in [6, 6.07) is 17.0. The lowest BCUT2D eigenvalue weighted by Gasteiger charge is -2.05. The number of benzene rings is 2. The van der Waals surface area contributed by atoms with Crippen molar-refractivity contribution in [2.75, 3.05) is 0 Å². The minimum absolute atomic E-state index is 0.0411. The summed E-state index contributed by atoms with van der Waals surface area (Å²) >= 11 is 0. The molecule has 2 heterocycles. The van der Waals surface area contributed by atoms with E-state index in [0.717, 1.165) is 11.3 Å². The van der Waals surface area contributed by atoms with E-state index in [2.05, 4.69) is 20.4 Å². The number of nitrogens with one attached hydrogen (secondary N) is 2. The first kappa shape index (κ1) is 18.6. The Bertz CT molecular complexity index is 1180. The van der Waals surface area contributed by atoms with Crippen LogP contribution >= 0.6 is 0 Å². The molecule has 0 bridgehead atoms. The van der Waals surface area contributed by atoms with Crippen LogP contribution < -0.4 is 10.9 Å². The number of nitrogens with zero attached hydrogens (tertiary/aromatic N) is 3. The number of para-hydroxylation sites is 2. The van der Waals surface area contributed by atoms with Crippen molar-refractivity contribution in [3.05, 3.63) is 88.7 Å². The number of aryl methyl sites for hydroxylation is 1. The molecular formula is C22H21N5O2. The fourth-order valence-corrected chi connectivity index (χ4v) is 3.13. The highest BCUT2D eigenvalue weighted by molar-refractivity contribution is 5.77. The highest BCUT2D eigenvalue weighted by Crippen LogP contribution is 2.09. The summed E-state index contributed by atoms with van der Waals surface area (Å²) in [5.41, 5.74) is 2.43. The quantitative estimate of drug-likeness (QED) is 0.510. The lowest BCUT2D eigenvalue weighted by atomic mass is 10.2. The molecule has 1 amide bonds. The zero-order chi connectivity index (χ0) is 20.1. The predicted molar refractivity (Wildman–Crippen MR) is 111 cm³/mol. The van der Waals surface area contributed by atoms with Gasteiger partial charge in [-0.25, -0.2) is 9.67 Å². The van der Waals surface area contributed by atoms with Crippen LogP contribution in [-0.4, -0.2) is 25.7 Å². The molecule has 0 unspecified atom stereocenters. The van der Waals surface area contributed by atoms with Gasteiger partial charge in [-0.05, 0) is 30.7 Å². The van der Waals surface area contributed by atoms with Crippen LogP contribution in [0.2, 0.25) is 0 Å². The van der Waals surface area contributed by atoms with Crippen molar-refractivity contribution in [2.24, 2.45) is 0 Å². The fourth-order valence-electron chi connectivity index (χ4n) is 3.13. The Balaban J connectivity index is 1.27. The van der Waals surface area contributed by atoms with Gasteiger partial charge in [0.05, 0.1) is 22.8 Å². The number of hydrogen-bond acceptors (Lipinski definition) is 4. The molecule has 146 valence electrons. The van der Waals surface area contributed by atoms with Crippen molar-refractivity contribution < 1.29 is 4.79 Å². The summed E-state index contributed by atoms with van der Waals surface area (Å²) in [7, 11) is 0. The maximum Gasteiger partial charge on any atom is 0.258 e. The topological polar surface area (TPSA) is 92.7 Å². The third kappa shape index (κ3) is 4.57. The molecule has 0 saturated carbocycles. The smallest absolute Gasteiger partial charge is 0.258 e. The molecule has 2 aromatic carbocycles. The van der Waals surface area contributed by atoms with Crippen molar-refractivity contribution in [1.82, 2.24) is 25.1 Å². The van der Waals surface area contributed by atoms with Crippen molar-refractivity contribution in [3.8, 4) is 5.69 Å². The second-order valence-corrected chi connectivity index (χ2v) is 6.79. The zero-order valence-corrected chi connectivity index (χ0v) is 15.8. The Morgan fingerprint density at radius 1 is 1.07 bits per heavy atom. The average Bonchev–Trinajstić information content (AvgIpc) is 3.22. The molecule has 0 saturated heterocycles. The van der Waals surface area contributed by atoms with Crippen molar-refractivity contribution in [2.45, 2.75) is 25.8 Å². The van der Waals surface area contributed by atoms with E-state index in [0.29, 0.717) is 42.5 Å². The van der Waals surface area contributed by atoms with E-state index in [1.165, 1.54) is 0 Å². The molecule has 4 rings (SSSR count). The number of fused-ring (bicyclic) bond motifs is 1. The molecule has 7 heteroatoms. The van der Waals surface area contributed by atoms with Gasteiger partial charge in [-0.15, -0.1) is 0 Å². The number of amides is 1. The second-order valence-electron chi connectivity index (χ2n) is 6.79. The maximum absolute atomic E-state index is 12.1. The van der Waals surface area contributed by atoms with Crippen LogP contribution in [0, 0.1) is 0 Å². The maximum atomic E-state index is 12.1. The average molecular weight is 387 g/mol. The Morgan fingerprint density at radius 3 is 2.72 bits per heavy atom. The van der Waals surface area contributed by atoms with Gasteiger partial charge in [0.2, 0.25) is 5.91 Å². The minimum atomic E-state index is -0.148. The molecular weight excluding hydrogens is 366 g/mol. The van der Waals surface area contributed by atoms with E-state index >= 15 is 0 Å². The molecule has 0 fully saturated rings. The van der Waals surface area contributed by atoms with Crippen LogP contribution in [0.25, 0.3) is 16.6 Å². The monoisotopic (exact) mass is 387 g/mol. The number of hydrogen-bond donors (Lipinski definition) is 2. The Morgan fingerprint density at radius 2 is 1.86 bits per heavy atom. The summed E-state index contributed by atoms with van der Waals surface area (Å²) in [5, 5.41) is 7.80. The molecule has 4 aromatic rings. The lowest BCUT2D eigenvalue weighted by Crippen LogP contribution is -2.22. The predicted octanol–water partition coefficient (Wildman–Crippen LogP) is 2.75. The lowest BCUT2D eigenvalue weighted by molar-refractivity contribution is -0.121. The number of aromatic nitrogens is 4. The van der Waals surface area contributed by atoms with Gasteiger partial charge in [-0.3, -0.25) is 9.59 Å². The fraction of sp³-hybridized carbons (Fsp3) is 0.182. The highest BCUT2D eigenvalue weighted by atomic mass is 16.1. The number of rotatable bonds is 7. The second kappa shape index (κ2) is 8.52. The van der Waals surface area contributed by atoms with Gasteiger partial charge in [0, 0.05) is 31.1 Å². The molecule has 0 aliphatic carbocycles. The van der Waals surface area contributed by atoms with Crippen molar-refractivity contribution in [3.63, 3.8) is 0 Å². The molecule has 2 N–H and O–H groups in total. The van der Waals surface area contributed by atoms with Gasteiger partial charge < -0.3 is 10.3 Å². The van der Waals surface area contributed by atoms with Crippen molar-refractivity contribution in [1.29, 1.82) is 0 Å². The number of carbonyl (C=O) groups is 1. The summed E-state index contributed by atoms with van der Waals surface area (Å²) in [4.78, 5) is 31.5. The van der Waals surface area contributed by atoms with E-state index in [1.807, 2.05) is 54.7 Å². The van der Waals surface area contributed by atoms with Gasteiger partial charge in [0.1, 0.15) is 5.82 Å². The molecule has 0 atom stereocenters. The third-order valence-corrected chi connectivity index (χ3v) is 4.63. The highest BCUT2D eigenvalue weighted by Gasteiger charge is 2.07. The van der Waals surface area contributed by atoms with Gasteiger partial charge in [0.25, 0.3) is 5.56 Å². The SMILES string of the molecule is O=C(CCCc1nc2ccccc2c(=O)[nH]1)NCc1cnn(-c2ccccc2)c1. The third-order valence-electron chi connectivity index (χ3n) is 4.63. The van der Waals surface area contributed by atoms with E-state index < -0.39 is 0 Å². The van der Waals surface area contributed by atoms with Crippen LogP contribution in [0.1, 0.15) is 24.2 Å². The van der Waals surface area contributed by atoms with Crippen LogP contribution in [0.3, 0.4) is 0 Å². The number of H-pyrrole nitrogens is 1. The van der Waals surface area contributed by atoms with E-state index in [-0.39, 0.29) is 11.5 Å². The zero-order valence-electron chi connectivity index (χ0n) is 15.8. The minimum Gasteiger partial charge on any atom is -0.352 e. The molecule has 29 heavy (non-hydrogen) atoms. The van der Waals surface area contributed by atoms with E-state index in [4.69, 9.17) is 0 Å². The summed E-state index contributed by atoms with van der Waals surface area (Å²) in [6.07, 6.45) is 5.16. The normalized spacial score (nSPS) is 10.9. The first-order valence-electron chi connectivity index (χ1n) is 9.53. The molecule has 2 aromatic heterocycles. The van der Waals surface area contributed by atoms with E-state index in [9.17, 15) is 9.59 Å². The van der Waals surface area contributed by atoms with Crippen LogP contribution in [0.15, 0.2) is 71.8 Å². The van der Waals surface area contributed by atoms with Crippen molar-refractivity contribution >= 4 is 16.8 Å². The Labute approximate surface area is 167 Å². The largest absolute Gasteiger partial charge is 0.352 e. The van der Waals surface area contributed by atoms with E-state index in [1.54, 1.807) is 16.9 Å². The molecule has 7 nitrogen and oxygen atoms in total. The first-order valence-corrected chi connectivity index (χ1v) is 9.53. The summed E-state index contributed by atoms with van der Waals surface area (Å²) < 4.78 is 1.78. The van der Waals surface area contributed by atoms with Gasteiger partial charge in [0.15, 0.2) is 0 Å². The molecule has 0 aliphatic rings. The Hall–Kier alpha value is -3.74. The van der Waals surface area contributed by atoms with Gasteiger partial charge in [-0.2, -0.15) is 5.10 Å².